The molecule has 2 amide bonds. The monoisotopic (exact) mass is 493 g/mol. The van der Waals surface area contributed by atoms with Crippen molar-refractivity contribution in [2.45, 2.75) is 37.8 Å². The lowest BCUT2D eigenvalue weighted by molar-refractivity contribution is -0.113. The number of primary amides is 1. The normalized spacial score (nSPS) is 13.0. The maximum absolute atomic E-state index is 12.9. The second-order valence-electron chi connectivity index (χ2n) is 7.98. The van der Waals surface area contributed by atoms with Crippen molar-refractivity contribution < 1.29 is 14.0 Å². The molecule has 0 atom stereocenters. The molecule has 3 N–H and O–H groups in total. The number of hydrogen-bond acceptors (Lipinski definition) is 7. The van der Waals surface area contributed by atoms with E-state index in [1.807, 2.05) is 47.9 Å². The number of thiophene rings is 1. The number of nitrogens with two attached hydrogens (primary N) is 1. The van der Waals surface area contributed by atoms with E-state index < -0.39 is 5.91 Å². The molecule has 3 heterocycles. The van der Waals surface area contributed by atoms with Crippen LogP contribution in [0.4, 0.5) is 5.00 Å². The van der Waals surface area contributed by atoms with E-state index in [9.17, 15) is 9.59 Å². The van der Waals surface area contributed by atoms with Gasteiger partial charge in [-0.2, -0.15) is 0 Å². The topological polar surface area (TPSA) is 116 Å². The van der Waals surface area contributed by atoms with Crippen molar-refractivity contribution in [2.24, 2.45) is 5.73 Å². The smallest absolute Gasteiger partial charge is 0.251 e. The van der Waals surface area contributed by atoms with Gasteiger partial charge in [0.2, 0.25) is 5.91 Å². The molecule has 1 aromatic carbocycles. The average Bonchev–Trinajstić information content (AvgIpc) is 3.54. The summed E-state index contributed by atoms with van der Waals surface area (Å²) in [6.07, 6.45) is 5.47. The standard InChI is InChI=1S/C24H23N5O3S2/c1-14-16(11-12-32-14)22-27-28-24(29(22)15-7-3-2-4-8-15)33-13-19(30)26-23-20(21(25)31)17-9-5-6-10-18(17)34-23/h2-4,7-8,11-12H,5-6,9-10,13H2,1H3,(H2,25,31)(H,26,30). The number of aryl methyl sites for hydroxylation is 2. The number of para-hydroxylation sites is 1. The minimum Gasteiger partial charge on any atom is -0.469 e. The molecule has 4 aromatic rings. The van der Waals surface area contributed by atoms with Gasteiger partial charge < -0.3 is 15.5 Å². The second-order valence-corrected chi connectivity index (χ2v) is 10.0. The van der Waals surface area contributed by atoms with Crippen molar-refractivity contribution in [2.75, 3.05) is 11.1 Å². The summed E-state index contributed by atoms with van der Waals surface area (Å²) in [6, 6.07) is 11.6. The quantitative estimate of drug-likeness (QED) is 0.363. The van der Waals surface area contributed by atoms with E-state index in [1.54, 1.807) is 6.26 Å². The molecule has 0 bridgehead atoms. The molecule has 0 unspecified atom stereocenters. The van der Waals surface area contributed by atoms with Crippen LogP contribution in [0.1, 0.15) is 39.4 Å². The Morgan fingerprint density at radius 1 is 1.18 bits per heavy atom. The molecule has 0 saturated heterocycles. The van der Waals surface area contributed by atoms with Crippen LogP contribution in [0.5, 0.6) is 0 Å². The van der Waals surface area contributed by atoms with E-state index in [4.69, 9.17) is 10.2 Å². The van der Waals surface area contributed by atoms with Gasteiger partial charge in [0.15, 0.2) is 11.0 Å². The summed E-state index contributed by atoms with van der Waals surface area (Å²) in [7, 11) is 0. The number of rotatable bonds is 7. The maximum atomic E-state index is 12.9. The molecule has 0 saturated carbocycles. The van der Waals surface area contributed by atoms with E-state index in [0.717, 1.165) is 53.1 Å². The first-order chi connectivity index (χ1) is 16.5. The minimum atomic E-state index is -0.494. The molecule has 3 aromatic heterocycles. The molecule has 8 nitrogen and oxygen atoms in total. The zero-order valence-electron chi connectivity index (χ0n) is 18.5. The van der Waals surface area contributed by atoms with Crippen LogP contribution in [0.2, 0.25) is 0 Å². The number of nitrogens with zero attached hydrogens (tertiary/aromatic N) is 3. The van der Waals surface area contributed by atoms with Crippen LogP contribution in [0.3, 0.4) is 0 Å². The molecular formula is C24H23N5O3S2. The number of fused-ring (bicyclic) bond motifs is 1. The van der Waals surface area contributed by atoms with Gasteiger partial charge in [-0.15, -0.1) is 21.5 Å². The summed E-state index contributed by atoms with van der Waals surface area (Å²) in [5.41, 5.74) is 8.83. The SMILES string of the molecule is Cc1occc1-c1nnc(SCC(=O)Nc2sc3c(c2C(N)=O)CCCC3)n1-c1ccccc1. The number of furan rings is 1. The predicted molar refractivity (Wildman–Crippen MR) is 133 cm³/mol. The number of hydrogen-bond donors (Lipinski definition) is 2. The van der Waals surface area contributed by atoms with E-state index in [1.165, 1.54) is 23.1 Å². The Labute approximate surface area is 204 Å². The Morgan fingerprint density at radius 3 is 2.71 bits per heavy atom. The van der Waals surface area contributed by atoms with Crippen LogP contribution in [-0.2, 0) is 17.6 Å². The molecule has 174 valence electrons. The Kier molecular flexibility index (Phi) is 6.25. The third kappa shape index (κ3) is 4.26. The number of amides is 2. The van der Waals surface area contributed by atoms with E-state index in [0.29, 0.717) is 21.5 Å². The Bertz CT molecular complexity index is 1360. The number of benzene rings is 1. The number of carbonyl (C=O) groups is 2. The van der Waals surface area contributed by atoms with Gasteiger partial charge in [-0.05, 0) is 56.4 Å². The summed E-state index contributed by atoms with van der Waals surface area (Å²) < 4.78 is 7.37. The van der Waals surface area contributed by atoms with Gasteiger partial charge in [-0.3, -0.25) is 14.2 Å². The highest BCUT2D eigenvalue weighted by atomic mass is 32.2. The number of anilines is 1. The highest BCUT2D eigenvalue weighted by molar-refractivity contribution is 7.99. The van der Waals surface area contributed by atoms with Crippen molar-refractivity contribution in [1.29, 1.82) is 0 Å². The summed E-state index contributed by atoms with van der Waals surface area (Å²) in [5, 5.41) is 12.8. The highest BCUT2D eigenvalue weighted by Crippen LogP contribution is 2.38. The lowest BCUT2D eigenvalue weighted by atomic mass is 9.95. The van der Waals surface area contributed by atoms with Crippen LogP contribution < -0.4 is 11.1 Å². The first-order valence-electron chi connectivity index (χ1n) is 10.9. The van der Waals surface area contributed by atoms with Crippen molar-refractivity contribution >= 4 is 39.9 Å². The van der Waals surface area contributed by atoms with E-state index in [-0.39, 0.29) is 11.7 Å². The van der Waals surface area contributed by atoms with Crippen molar-refractivity contribution in [1.82, 2.24) is 14.8 Å². The Hall–Kier alpha value is -3.37. The van der Waals surface area contributed by atoms with Crippen molar-refractivity contribution in [3.8, 4) is 17.1 Å². The van der Waals surface area contributed by atoms with Gasteiger partial charge in [0.25, 0.3) is 5.91 Å². The lowest BCUT2D eigenvalue weighted by Gasteiger charge is -2.11. The van der Waals surface area contributed by atoms with Crippen LogP contribution in [0, 0.1) is 6.92 Å². The lowest BCUT2D eigenvalue weighted by Crippen LogP contribution is -2.19. The third-order valence-electron chi connectivity index (χ3n) is 5.75. The average molecular weight is 494 g/mol. The fourth-order valence-corrected chi connectivity index (χ4v) is 6.23. The molecule has 10 heteroatoms. The number of thioether (sulfide) groups is 1. The fraction of sp³-hybridized carbons (Fsp3) is 0.250. The first-order valence-corrected chi connectivity index (χ1v) is 12.8. The summed E-state index contributed by atoms with van der Waals surface area (Å²) in [5.74, 6) is 0.763. The Balaban J connectivity index is 1.39. The van der Waals surface area contributed by atoms with Gasteiger partial charge in [0, 0.05) is 10.6 Å². The molecule has 0 radical (unpaired) electrons. The Morgan fingerprint density at radius 2 is 1.97 bits per heavy atom. The molecule has 0 fully saturated rings. The molecule has 0 aliphatic heterocycles. The molecule has 34 heavy (non-hydrogen) atoms. The zero-order chi connectivity index (χ0) is 23.7. The van der Waals surface area contributed by atoms with Gasteiger partial charge in [-0.1, -0.05) is 30.0 Å². The molecule has 1 aliphatic rings. The van der Waals surface area contributed by atoms with Gasteiger partial charge in [-0.25, -0.2) is 0 Å². The van der Waals surface area contributed by atoms with E-state index >= 15 is 0 Å². The van der Waals surface area contributed by atoms with Crippen molar-refractivity contribution in [3.63, 3.8) is 0 Å². The number of aromatic nitrogens is 3. The predicted octanol–water partition coefficient (Wildman–Crippen LogP) is 4.61. The summed E-state index contributed by atoms with van der Waals surface area (Å²) in [6.45, 7) is 1.87. The van der Waals surface area contributed by atoms with Crippen LogP contribution in [0.25, 0.3) is 17.1 Å². The first kappa shape index (κ1) is 22.4. The van der Waals surface area contributed by atoms with Crippen molar-refractivity contribution in [3.05, 3.63) is 64.4 Å². The van der Waals surface area contributed by atoms with Crippen LogP contribution in [-0.4, -0.2) is 32.3 Å². The molecular weight excluding hydrogens is 470 g/mol. The second kappa shape index (κ2) is 9.47. The molecule has 0 spiro atoms. The fourth-order valence-electron chi connectivity index (χ4n) is 4.17. The maximum Gasteiger partial charge on any atom is 0.251 e. The van der Waals surface area contributed by atoms with Gasteiger partial charge >= 0.3 is 0 Å². The zero-order valence-corrected chi connectivity index (χ0v) is 20.2. The summed E-state index contributed by atoms with van der Waals surface area (Å²) >= 11 is 2.74. The minimum absolute atomic E-state index is 0.107. The number of carbonyl (C=O) groups excluding carboxylic acids is 2. The highest BCUT2D eigenvalue weighted by Gasteiger charge is 2.25. The largest absolute Gasteiger partial charge is 0.469 e. The van der Waals surface area contributed by atoms with E-state index in [2.05, 4.69) is 15.5 Å². The van der Waals surface area contributed by atoms with Gasteiger partial charge in [0.05, 0.1) is 23.1 Å². The van der Waals surface area contributed by atoms with Gasteiger partial charge in [0.1, 0.15) is 10.8 Å². The number of nitrogens with one attached hydrogen (secondary N) is 1. The molecule has 5 rings (SSSR count). The van der Waals surface area contributed by atoms with Crippen LogP contribution >= 0.6 is 23.1 Å². The molecule has 1 aliphatic carbocycles. The summed E-state index contributed by atoms with van der Waals surface area (Å²) in [4.78, 5) is 26.1. The third-order valence-corrected chi connectivity index (χ3v) is 7.89. The van der Waals surface area contributed by atoms with Crippen LogP contribution in [0.15, 0.2) is 52.2 Å².